The smallest absolute Gasteiger partial charge is 0.0138 e. The standard InChI is InChI=1S/C14H27N/c1-6-12-8-9-13(12,4)14(7-2)10-15(5)11(14)3/h11-12H,6-10H2,1-5H3/t11-,12?,13?,14?/m0/s1. The number of hydrogen-bond acceptors (Lipinski definition) is 1. The highest BCUT2D eigenvalue weighted by Gasteiger charge is 2.62. The van der Waals surface area contributed by atoms with Gasteiger partial charge in [0.05, 0.1) is 0 Å². The molecule has 2 aliphatic rings. The van der Waals surface area contributed by atoms with E-state index in [2.05, 4.69) is 39.6 Å². The van der Waals surface area contributed by atoms with Gasteiger partial charge in [-0.2, -0.15) is 0 Å². The van der Waals surface area contributed by atoms with E-state index in [0.29, 0.717) is 10.8 Å². The van der Waals surface area contributed by atoms with E-state index in [1.165, 1.54) is 32.2 Å². The van der Waals surface area contributed by atoms with Crippen molar-refractivity contribution in [1.82, 2.24) is 4.90 Å². The average Bonchev–Trinajstić information content (AvgIpc) is 2.23. The third-order valence-electron chi connectivity index (χ3n) is 6.17. The first-order chi connectivity index (χ1) is 7.02. The number of hydrogen-bond donors (Lipinski definition) is 0. The van der Waals surface area contributed by atoms with Crippen LogP contribution in [0.5, 0.6) is 0 Å². The Labute approximate surface area is 95.2 Å². The molecule has 0 N–H and O–H groups in total. The Balaban J connectivity index is 2.20. The van der Waals surface area contributed by atoms with Crippen molar-refractivity contribution in [3.8, 4) is 0 Å². The minimum Gasteiger partial charge on any atom is -0.302 e. The fourth-order valence-corrected chi connectivity index (χ4v) is 4.58. The Morgan fingerprint density at radius 3 is 2.27 bits per heavy atom. The number of rotatable bonds is 3. The minimum absolute atomic E-state index is 0.626. The molecule has 0 radical (unpaired) electrons. The summed E-state index contributed by atoms with van der Waals surface area (Å²) in [5.41, 5.74) is 1.27. The molecule has 88 valence electrons. The van der Waals surface area contributed by atoms with Crippen molar-refractivity contribution in [2.75, 3.05) is 13.6 Å². The molecule has 0 spiro atoms. The third-order valence-corrected chi connectivity index (χ3v) is 6.17. The van der Waals surface area contributed by atoms with Gasteiger partial charge in [0, 0.05) is 18.0 Å². The Bertz CT molecular complexity index is 248. The van der Waals surface area contributed by atoms with E-state index >= 15 is 0 Å². The first-order valence-electron chi connectivity index (χ1n) is 6.72. The summed E-state index contributed by atoms with van der Waals surface area (Å²) in [5, 5.41) is 0. The lowest BCUT2D eigenvalue weighted by molar-refractivity contribution is -0.198. The lowest BCUT2D eigenvalue weighted by atomic mass is 9.42. The van der Waals surface area contributed by atoms with Crippen LogP contribution in [0.1, 0.15) is 53.4 Å². The van der Waals surface area contributed by atoms with Gasteiger partial charge >= 0.3 is 0 Å². The van der Waals surface area contributed by atoms with Crippen LogP contribution in [0.25, 0.3) is 0 Å². The van der Waals surface area contributed by atoms with Gasteiger partial charge in [-0.15, -0.1) is 0 Å². The van der Waals surface area contributed by atoms with Crippen molar-refractivity contribution >= 4 is 0 Å². The van der Waals surface area contributed by atoms with E-state index in [4.69, 9.17) is 0 Å². The van der Waals surface area contributed by atoms with Crippen LogP contribution < -0.4 is 0 Å². The second-order valence-electron chi connectivity index (χ2n) is 6.16. The SMILES string of the molecule is CCC1CCC1(C)C1(CC)CN(C)[C@H]1C. The van der Waals surface area contributed by atoms with E-state index in [1.807, 2.05) is 0 Å². The van der Waals surface area contributed by atoms with Crippen LogP contribution in [0.2, 0.25) is 0 Å². The van der Waals surface area contributed by atoms with Crippen LogP contribution in [0.3, 0.4) is 0 Å². The van der Waals surface area contributed by atoms with E-state index in [-0.39, 0.29) is 0 Å². The van der Waals surface area contributed by atoms with Gasteiger partial charge in [0.1, 0.15) is 0 Å². The molecule has 1 heterocycles. The zero-order chi connectivity index (χ0) is 11.3. The molecular formula is C14H27N. The van der Waals surface area contributed by atoms with Gasteiger partial charge in [-0.05, 0) is 44.6 Å². The zero-order valence-electron chi connectivity index (χ0n) is 11.1. The highest BCUT2D eigenvalue weighted by molar-refractivity contribution is 5.14. The summed E-state index contributed by atoms with van der Waals surface area (Å²) in [6.45, 7) is 11.1. The monoisotopic (exact) mass is 209 g/mol. The molecule has 2 rings (SSSR count). The average molecular weight is 209 g/mol. The Morgan fingerprint density at radius 1 is 1.33 bits per heavy atom. The molecule has 4 atom stereocenters. The first kappa shape index (κ1) is 11.4. The molecular weight excluding hydrogens is 182 g/mol. The molecule has 0 amide bonds. The van der Waals surface area contributed by atoms with Gasteiger partial charge in [-0.3, -0.25) is 0 Å². The summed E-state index contributed by atoms with van der Waals surface area (Å²) in [6, 6.07) is 0.793. The van der Waals surface area contributed by atoms with Crippen LogP contribution in [0.4, 0.5) is 0 Å². The molecule has 15 heavy (non-hydrogen) atoms. The van der Waals surface area contributed by atoms with E-state index in [1.54, 1.807) is 0 Å². The highest BCUT2D eigenvalue weighted by atomic mass is 15.2. The minimum atomic E-state index is 0.626. The van der Waals surface area contributed by atoms with Gasteiger partial charge in [-0.25, -0.2) is 0 Å². The summed E-state index contributed by atoms with van der Waals surface area (Å²) in [7, 11) is 2.28. The van der Waals surface area contributed by atoms with Gasteiger partial charge < -0.3 is 4.90 Å². The fraction of sp³-hybridized carbons (Fsp3) is 1.00. The van der Waals surface area contributed by atoms with Crippen molar-refractivity contribution < 1.29 is 0 Å². The first-order valence-corrected chi connectivity index (χ1v) is 6.72. The maximum Gasteiger partial charge on any atom is 0.0138 e. The van der Waals surface area contributed by atoms with Crippen LogP contribution in [-0.4, -0.2) is 24.5 Å². The van der Waals surface area contributed by atoms with E-state index in [0.717, 1.165) is 12.0 Å². The lowest BCUT2D eigenvalue weighted by Crippen LogP contribution is -2.71. The van der Waals surface area contributed by atoms with E-state index in [9.17, 15) is 0 Å². The molecule has 1 nitrogen and oxygen atoms in total. The summed E-state index contributed by atoms with van der Waals surface area (Å²) >= 11 is 0. The van der Waals surface area contributed by atoms with Crippen LogP contribution in [0.15, 0.2) is 0 Å². The zero-order valence-corrected chi connectivity index (χ0v) is 11.1. The van der Waals surface area contributed by atoms with Crippen molar-refractivity contribution in [3.63, 3.8) is 0 Å². The molecule has 1 aliphatic heterocycles. The fourth-order valence-electron chi connectivity index (χ4n) is 4.58. The normalized spacial score (nSPS) is 51.0. The molecule has 0 bridgehead atoms. The topological polar surface area (TPSA) is 3.24 Å². The number of nitrogens with zero attached hydrogens (tertiary/aromatic N) is 1. The Kier molecular flexibility index (Phi) is 2.65. The molecule has 0 aromatic carbocycles. The molecule has 0 aromatic rings. The Morgan fingerprint density at radius 2 is 2.00 bits per heavy atom. The summed E-state index contributed by atoms with van der Waals surface area (Å²) in [4.78, 5) is 2.53. The van der Waals surface area contributed by atoms with Crippen molar-refractivity contribution in [1.29, 1.82) is 0 Å². The maximum atomic E-state index is 2.57. The quantitative estimate of drug-likeness (QED) is 0.687. The molecule has 1 saturated carbocycles. The van der Waals surface area contributed by atoms with Crippen molar-refractivity contribution in [2.24, 2.45) is 16.7 Å². The van der Waals surface area contributed by atoms with E-state index < -0.39 is 0 Å². The molecule has 2 fully saturated rings. The third kappa shape index (κ3) is 1.19. The van der Waals surface area contributed by atoms with Crippen molar-refractivity contribution in [2.45, 2.75) is 59.4 Å². The molecule has 0 aromatic heterocycles. The molecule has 3 unspecified atom stereocenters. The van der Waals surface area contributed by atoms with Gasteiger partial charge in [0.2, 0.25) is 0 Å². The predicted molar refractivity (Wildman–Crippen MR) is 65.9 cm³/mol. The largest absolute Gasteiger partial charge is 0.302 e. The second kappa shape index (κ2) is 3.48. The predicted octanol–water partition coefficient (Wildman–Crippen LogP) is 3.54. The van der Waals surface area contributed by atoms with Gasteiger partial charge in [0.25, 0.3) is 0 Å². The maximum absolute atomic E-state index is 2.57. The van der Waals surface area contributed by atoms with Crippen molar-refractivity contribution in [3.05, 3.63) is 0 Å². The Hall–Kier alpha value is -0.0400. The second-order valence-corrected chi connectivity index (χ2v) is 6.16. The number of likely N-dealkylation sites (tertiary alicyclic amines) is 1. The van der Waals surface area contributed by atoms with Crippen LogP contribution in [0, 0.1) is 16.7 Å². The van der Waals surface area contributed by atoms with Gasteiger partial charge in [-0.1, -0.05) is 27.2 Å². The molecule has 1 aliphatic carbocycles. The highest BCUT2D eigenvalue weighted by Crippen LogP contribution is 2.65. The van der Waals surface area contributed by atoms with Crippen LogP contribution in [-0.2, 0) is 0 Å². The summed E-state index contributed by atoms with van der Waals surface area (Å²) in [5.74, 6) is 0.994. The molecule has 1 heteroatoms. The van der Waals surface area contributed by atoms with Crippen LogP contribution >= 0.6 is 0 Å². The summed E-state index contributed by atoms with van der Waals surface area (Å²) in [6.07, 6.45) is 5.70. The lowest BCUT2D eigenvalue weighted by Gasteiger charge is -2.69. The summed E-state index contributed by atoms with van der Waals surface area (Å²) < 4.78 is 0. The molecule has 1 saturated heterocycles. The van der Waals surface area contributed by atoms with Gasteiger partial charge in [0.15, 0.2) is 0 Å².